The average Bonchev–Trinajstić information content (AvgIpc) is 2.50. The van der Waals surface area contributed by atoms with Gasteiger partial charge in [-0.1, -0.05) is 29.8 Å². The summed E-state index contributed by atoms with van der Waals surface area (Å²) in [4.78, 5) is 5.39. The summed E-state index contributed by atoms with van der Waals surface area (Å²) in [6.07, 6.45) is 0. The predicted octanol–water partition coefficient (Wildman–Crippen LogP) is 4.53. The number of rotatable bonds is 3. The number of fused-ring (bicyclic) bond motifs is 1. The molecule has 1 heterocycles. The summed E-state index contributed by atoms with van der Waals surface area (Å²) >= 11 is 7.66. The van der Waals surface area contributed by atoms with E-state index in [1.807, 2.05) is 43.3 Å². The lowest BCUT2D eigenvalue weighted by Crippen LogP contribution is -2.29. The molecule has 2 aromatic carbocycles. The molecule has 0 saturated heterocycles. The van der Waals surface area contributed by atoms with Crippen LogP contribution in [0.5, 0.6) is 11.5 Å². The van der Waals surface area contributed by atoms with Gasteiger partial charge in [-0.25, -0.2) is 0 Å². The van der Waals surface area contributed by atoms with Crippen molar-refractivity contribution in [1.82, 2.24) is 4.72 Å². The minimum absolute atomic E-state index is 0.583. The van der Waals surface area contributed by atoms with Crippen LogP contribution in [0, 0.1) is 0 Å². The van der Waals surface area contributed by atoms with E-state index < -0.39 is 0 Å². The van der Waals surface area contributed by atoms with E-state index in [1.165, 1.54) is 11.9 Å². The molecule has 0 aromatic heterocycles. The first kappa shape index (κ1) is 14.1. The van der Waals surface area contributed by atoms with Crippen LogP contribution in [0.15, 0.2) is 52.4 Å². The molecule has 21 heavy (non-hydrogen) atoms. The Hall–Kier alpha value is -1.85. The molecule has 0 atom stereocenters. The maximum atomic E-state index is 6.15. The molecule has 0 amide bonds. The number of guanidine groups is 1. The van der Waals surface area contributed by atoms with Gasteiger partial charge in [0.1, 0.15) is 5.75 Å². The molecule has 2 aromatic rings. The molecule has 0 fully saturated rings. The van der Waals surface area contributed by atoms with Crippen LogP contribution >= 0.6 is 23.5 Å². The minimum Gasteiger partial charge on any atom is -0.454 e. The van der Waals surface area contributed by atoms with Gasteiger partial charge < -0.3 is 10.1 Å². The zero-order valence-electron chi connectivity index (χ0n) is 11.4. The van der Waals surface area contributed by atoms with E-state index in [4.69, 9.17) is 16.3 Å². The second-order valence-electron chi connectivity index (χ2n) is 4.31. The molecule has 0 radical (unpaired) electrons. The first-order chi connectivity index (χ1) is 10.3. The summed E-state index contributed by atoms with van der Waals surface area (Å²) in [6.45, 7) is 2.70. The third kappa shape index (κ3) is 3.09. The quantitative estimate of drug-likeness (QED) is 0.816. The van der Waals surface area contributed by atoms with E-state index in [9.17, 15) is 0 Å². The number of hydrogen-bond donors (Lipinski definition) is 2. The zero-order valence-corrected chi connectivity index (χ0v) is 13.0. The van der Waals surface area contributed by atoms with E-state index in [-0.39, 0.29) is 0 Å². The first-order valence-electron chi connectivity index (χ1n) is 6.57. The fraction of sp³-hybridized carbons (Fsp3) is 0.133. The molecule has 1 aliphatic heterocycles. The zero-order chi connectivity index (χ0) is 14.7. The van der Waals surface area contributed by atoms with Crippen LogP contribution in [0.2, 0.25) is 5.02 Å². The van der Waals surface area contributed by atoms with Gasteiger partial charge in [-0.15, -0.1) is 0 Å². The van der Waals surface area contributed by atoms with Crippen molar-refractivity contribution in [3.63, 3.8) is 0 Å². The summed E-state index contributed by atoms with van der Waals surface area (Å²) in [6, 6.07) is 13.3. The van der Waals surface area contributed by atoms with Crippen molar-refractivity contribution in [2.45, 2.75) is 11.8 Å². The standard InChI is InChI=1S/C15H14ClN3OS/c1-2-17-15-18-14-12(8-5-9-13(14)21-19-15)20-11-7-4-3-6-10(11)16/h3-9H,2H2,1H3,(H2,17,18,19). The Morgan fingerprint density at radius 1 is 1.14 bits per heavy atom. The van der Waals surface area contributed by atoms with Gasteiger partial charge in [0, 0.05) is 6.54 Å². The Balaban J connectivity index is 1.94. The first-order valence-corrected chi connectivity index (χ1v) is 7.77. The molecule has 0 bridgehead atoms. The third-order valence-corrected chi connectivity index (χ3v) is 4.03. The van der Waals surface area contributed by atoms with Gasteiger partial charge in [-0.3, -0.25) is 9.71 Å². The molecule has 2 N–H and O–H groups in total. The number of aliphatic imine (C=N–C) groups is 1. The van der Waals surface area contributed by atoms with E-state index in [1.54, 1.807) is 6.07 Å². The van der Waals surface area contributed by atoms with E-state index >= 15 is 0 Å². The molecule has 0 spiro atoms. The lowest BCUT2D eigenvalue weighted by atomic mass is 10.3. The molecule has 108 valence electrons. The summed E-state index contributed by atoms with van der Waals surface area (Å²) in [7, 11) is 0. The van der Waals surface area contributed by atoms with Crippen molar-refractivity contribution in [1.29, 1.82) is 0 Å². The highest BCUT2D eigenvalue weighted by Gasteiger charge is 2.18. The monoisotopic (exact) mass is 319 g/mol. The molecular formula is C15H14ClN3OS. The Morgan fingerprint density at radius 2 is 1.95 bits per heavy atom. The second-order valence-corrected chi connectivity index (χ2v) is 5.57. The van der Waals surface area contributed by atoms with Crippen molar-refractivity contribution in [2.24, 2.45) is 4.99 Å². The fourth-order valence-electron chi connectivity index (χ4n) is 1.93. The summed E-state index contributed by atoms with van der Waals surface area (Å²) < 4.78 is 9.10. The third-order valence-electron chi connectivity index (χ3n) is 2.86. The average molecular weight is 320 g/mol. The molecule has 0 unspecified atom stereocenters. The Bertz CT molecular complexity index is 690. The smallest absolute Gasteiger partial charge is 0.206 e. The van der Waals surface area contributed by atoms with Crippen molar-refractivity contribution in [3.8, 4) is 11.5 Å². The molecule has 0 saturated carbocycles. The van der Waals surface area contributed by atoms with Crippen LogP contribution in [-0.4, -0.2) is 12.5 Å². The highest BCUT2D eigenvalue weighted by Crippen LogP contribution is 2.40. The van der Waals surface area contributed by atoms with Crippen LogP contribution in [0.25, 0.3) is 0 Å². The SMILES string of the molecule is CCN=C1NSc2cccc(Oc3ccccc3Cl)c2N1. The van der Waals surface area contributed by atoms with Gasteiger partial charge in [0.15, 0.2) is 5.75 Å². The van der Waals surface area contributed by atoms with Gasteiger partial charge in [0.25, 0.3) is 0 Å². The fourth-order valence-corrected chi connectivity index (χ4v) is 2.82. The maximum Gasteiger partial charge on any atom is 0.206 e. The Labute approximate surface area is 132 Å². The summed E-state index contributed by atoms with van der Waals surface area (Å²) in [5, 5.41) is 3.84. The van der Waals surface area contributed by atoms with Crippen LogP contribution in [0.1, 0.15) is 6.92 Å². The highest BCUT2D eigenvalue weighted by atomic mass is 35.5. The second kappa shape index (κ2) is 6.28. The van der Waals surface area contributed by atoms with Crippen molar-refractivity contribution >= 4 is 35.2 Å². The number of para-hydroxylation sites is 2. The minimum atomic E-state index is 0.583. The van der Waals surface area contributed by atoms with Crippen LogP contribution in [0.3, 0.4) is 0 Å². The molecule has 6 heteroatoms. The van der Waals surface area contributed by atoms with Gasteiger partial charge >= 0.3 is 0 Å². The van der Waals surface area contributed by atoms with Gasteiger partial charge in [0.05, 0.1) is 15.6 Å². The molecule has 0 aliphatic carbocycles. The van der Waals surface area contributed by atoms with Gasteiger partial charge in [-0.05, 0) is 43.1 Å². The van der Waals surface area contributed by atoms with Crippen LogP contribution < -0.4 is 14.8 Å². The summed E-state index contributed by atoms with van der Waals surface area (Å²) in [5.41, 5.74) is 0.897. The van der Waals surface area contributed by atoms with Crippen molar-refractivity contribution in [3.05, 3.63) is 47.5 Å². The van der Waals surface area contributed by atoms with Crippen LogP contribution in [0.4, 0.5) is 5.69 Å². The van der Waals surface area contributed by atoms with Gasteiger partial charge in [0.2, 0.25) is 5.96 Å². The molecule has 1 aliphatic rings. The number of nitrogens with one attached hydrogen (secondary N) is 2. The normalized spacial score (nSPS) is 15.0. The van der Waals surface area contributed by atoms with Crippen molar-refractivity contribution in [2.75, 3.05) is 11.9 Å². The lowest BCUT2D eigenvalue weighted by molar-refractivity contribution is 0.484. The number of hydrogen-bond acceptors (Lipinski definition) is 3. The number of nitrogens with zero attached hydrogens (tertiary/aromatic N) is 1. The number of halogens is 1. The Morgan fingerprint density at radius 3 is 2.76 bits per heavy atom. The topological polar surface area (TPSA) is 45.7 Å². The largest absolute Gasteiger partial charge is 0.454 e. The highest BCUT2D eigenvalue weighted by molar-refractivity contribution is 7.98. The van der Waals surface area contributed by atoms with E-state index in [0.717, 1.165) is 22.3 Å². The number of anilines is 1. The Kier molecular flexibility index (Phi) is 4.22. The predicted molar refractivity (Wildman–Crippen MR) is 88.6 cm³/mol. The lowest BCUT2D eigenvalue weighted by Gasteiger charge is -2.22. The van der Waals surface area contributed by atoms with E-state index in [2.05, 4.69) is 15.0 Å². The van der Waals surface area contributed by atoms with Crippen LogP contribution in [-0.2, 0) is 0 Å². The number of ether oxygens (including phenoxy) is 1. The van der Waals surface area contributed by atoms with Gasteiger partial charge in [-0.2, -0.15) is 0 Å². The molecule has 4 nitrogen and oxygen atoms in total. The maximum absolute atomic E-state index is 6.15. The summed E-state index contributed by atoms with van der Waals surface area (Å²) in [5.74, 6) is 2.08. The van der Waals surface area contributed by atoms with Crippen molar-refractivity contribution < 1.29 is 4.74 Å². The number of benzene rings is 2. The van der Waals surface area contributed by atoms with E-state index in [0.29, 0.717) is 17.3 Å². The molecular weight excluding hydrogens is 306 g/mol. The molecule has 3 rings (SSSR count).